The summed E-state index contributed by atoms with van der Waals surface area (Å²) in [6.45, 7) is 0. The number of hydrogen-bond acceptors (Lipinski definition) is 4. The lowest BCUT2D eigenvalue weighted by atomic mass is 10.3. The minimum Gasteiger partial charge on any atom is -0.410 e. The van der Waals surface area contributed by atoms with E-state index in [4.69, 9.17) is 5.90 Å². The first-order chi connectivity index (χ1) is 6.50. The third-order valence-corrected chi connectivity index (χ3v) is 2.94. The molecule has 0 amide bonds. The summed E-state index contributed by atoms with van der Waals surface area (Å²) in [5.74, 6) is 0.953. The Kier molecular flexibility index (Phi) is 3.02. The first kappa shape index (κ1) is 10.9. The highest BCUT2D eigenvalue weighted by Gasteiger charge is 2.29. The predicted molar refractivity (Wildman–Crippen MR) is 44.4 cm³/mol. The lowest BCUT2D eigenvalue weighted by Gasteiger charge is -2.06. The Labute approximate surface area is 79.2 Å². The second kappa shape index (κ2) is 3.89. The van der Waals surface area contributed by atoms with Crippen LogP contribution in [-0.2, 0) is 9.84 Å². The zero-order valence-corrected chi connectivity index (χ0v) is 7.67. The molecular weight excluding hydrogens is 216 g/mol. The van der Waals surface area contributed by atoms with Crippen molar-refractivity contribution in [1.82, 2.24) is 0 Å². The average Bonchev–Trinajstić information content (AvgIpc) is 2.17. The van der Waals surface area contributed by atoms with Gasteiger partial charge in [0.15, 0.2) is 5.75 Å². The van der Waals surface area contributed by atoms with Crippen LogP contribution in [-0.4, -0.2) is 14.2 Å². The summed E-state index contributed by atoms with van der Waals surface area (Å²) in [4.78, 5) is 3.56. The van der Waals surface area contributed by atoms with E-state index in [1.807, 2.05) is 0 Å². The summed E-state index contributed by atoms with van der Waals surface area (Å²) >= 11 is 0. The SMILES string of the molecule is NOc1ccccc1S(=O)(=O)C(F)F. The molecule has 0 saturated heterocycles. The molecule has 0 unspecified atom stereocenters. The zero-order chi connectivity index (χ0) is 10.8. The Balaban J connectivity index is 3.32. The number of benzene rings is 1. The number of sulfone groups is 1. The van der Waals surface area contributed by atoms with Crippen molar-refractivity contribution < 1.29 is 22.0 Å². The first-order valence-electron chi connectivity index (χ1n) is 3.48. The van der Waals surface area contributed by atoms with Gasteiger partial charge in [-0.05, 0) is 12.1 Å². The monoisotopic (exact) mass is 223 g/mol. The molecular formula is C7H7F2NO3S. The maximum atomic E-state index is 12.1. The molecule has 1 aromatic carbocycles. The van der Waals surface area contributed by atoms with Crippen molar-refractivity contribution >= 4 is 9.84 Å². The molecule has 0 heterocycles. The Bertz CT molecular complexity index is 419. The molecule has 14 heavy (non-hydrogen) atoms. The molecule has 0 bridgehead atoms. The standard InChI is InChI=1S/C7H7F2NO3S/c8-7(9)14(11,12)6-4-2-1-3-5(6)13-10/h1-4,7H,10H2. The van der Waals surface area contributed by atoms with E-state index in [1.165, 1.54) is 18.2 Å². The lowest BCUT2D eigenvalue weighted by Crippen LogP contribution is -2.14. The Morgan fingerprint density at radius 3 is 2.36 bits per heavy atom. The van der Waals surface area contributed by atoms with E-state index in [2.05, 4.69) is 4.84 Å². The van der Waals surface area contributed by atoms with E-state index < -0.39 is 20.5 Å². The molecule has 1 rings (SSSR count). The van der Waals surface area contributed by atoms with Gasteiger partial charge in [-0.15, -0.1) is 0 Å². The summed E-state index contributed by atoms with van der Waals surface area (Å²) < 4.78 is 46.3. The summed E-state index contributed by atoms with van der Waals surface area (Å²) in [5, 5.41) is 0. The van der Waals surface area contributed by atoms with Crippen LogP contribution in [0.5, 0.6) is 5.75 Å². The van der Waals surface area contributed by atoms with E-state index in [1.54, 1.807) is 0 Å². The normalized spacial score (nSPS) is 11.7. The van der Waals surface area contributed by atoms with Crippen LogP contribution in [0.15, 0.2) is 29.2 Å². The van der Waals surface area contributed by atoms with Gasteiger partial charge in [-0.3, -0.25) is 0 Å². The molecule has 0 radical (unpaired) electrons. The highest BCUT2D eigenvalue weighted by atomic mass is 32.2. The van der Waals surface area contributed by atoms with Crippen LogP contribution in [0, 0.1) is 0 Å². The summed E-state index contributed by atoms with van der Waals surface area (Å²) in [6, 6.07) is 4.92. The van der Waals surface area contributed by atoms with Crippen LogP contribution in [0.2, 0.25) is 0 Å². The van der Waals surface area contributed by atoms with Crippen molar-refractivity contribution in [3.05, 3.63) is 24.3 Å². The number of halogens is 2. The smallest absolute Gasteiger partial charge is 0.341 e. The van der Waals surface area contributed by atoms with Crippen molar-refractivity contribution in [3.63, 3.8) is 0 Å². The summed E-state index contributed by atoms with van der Waals surface area (Å²) in [5.41, 5.74) is 0. The number of nitrogens with two attached hydrogens (primary N) is 1. The molecule has 7 heteroatoms. The van der Waals surface area contributed by atoms with E-state index >= 15 is 0 Å². The largest absolute Gasteiger partial charge is 0.410 e. The van der Waals surface area contributed by atoms with Gasteiger partial charge < -0.3 is 4.84 Å². The minimum atomic E-state index is -4.66. The second-order valence-electron chi connectivity index (χ2n) is 2.37. The molecule has 0 spiro atoms. The molecule has 0 aromatic heterocycles. The fourth-order valence-corrected chi connectivity index (χ4v) is 1.74. The van der Waals surface area contributed by atoms with Gasteiger partial charge in [0, 0.05) is 0 Å². The molecule has 0 aliphatic heterocycles. The molecule has 0 aliphatic carbocycles. The van der Waals surface area contributed by atoms with Gasteiger partial charge in [-0.25, -0.2) is 8.42 Å². The van der Waals surface area contributed by atoms with E-state index in [9.17, 15) is 17.2 Å². The van der Waals surface area contributed by atoms with Crippen molar-refractivity contribution in [2.45, 2.75) is 10.7 Å². The number of alkyl halides is 2. The van der Waals surface area contributed by atoms with Gasteiger partial charge >= 0.3 is 5.76 Å². The van der Waals surface area contributed by atoms with Crippen molar-refractivity contribution in [3.8, 4) is 5.75 Å². The third kappa shape index (κ3) is 1.83. The minimum absolute atomic E-state index is 0.298. The van der Waals surface area contributed by atoms with Gasteiger partial charge in [-0.2, -0.15) is 14.7 Å². The number of hydrogen-bond donors (Lipinski definition) is 1. The fourth-order valence-electron chi connectivity index (χ4n) is 0.879. The van der Waals surface area contributed by atoms with Gasteiger partial charge in [-0.1, -0.05) is 12.1 Å². The highest BCUT2D eigenvalue weighted by molar-refractivity contribution is 7.91. The first-order valence-corrected chi connectivity index (χ1v) is 5.02. The Morgan fingerprint density at radius 1 is 1.29 bits per heavy atom. The van der Waals surface area contributed by atoms with E-state index in [0.29, 0.717) is 0 Å². The zero-order valence-electron chi connectivity index (χ0n) is 6.85. The van der Waals surface area contributed by atoms with Gasteiger partial charge in [0.25, 0.3) is 0 Å². The highest BCUT2D eigenvalue weighted by Crippen LogP contribution is 2.26. The van der Waals surface area contributed by atoms with Crippen molar-refractivity contribution in [1.29, 1.82) is 0 Å². The quantitative estimate of drug-likeness (QED) is 0.774. The second-order valence-corrected chi connectivity index (χ2v) is 4.26. The Hall–Kier alpha value is -1.21. The molecule has 2 N–H and O–H groups in total. The third-order valence-electron chi connectivity index (χ3n) is 1.52. The number of rotatable bonds is 3. The maximum Gasteiger partial charge on any atom is 0.341 e. The molecule has 1 aromatic rings. The van der Waals surface area contributed by atoms with E-state index in [-0.39, 0.29) is 5.75 Å². The van der Waals surface area contributed by atoms with Crippen LogP contribution in [0.1, 0.15) is 0 Å². The number of para-hydroxylation sites is 1. The lowest BCUT2D eigenvalue weighted by molar-refractivity contribution is 0.233. The van der Waals surface area contributed by atoms with Crippen molar-refractivity contribution in [2.24, 2.45) is 5.90 Å². The van der Waals surface area contributed by atoms with Crippen LogP contribution in [0.4, 0.5) is 8.78 Å². The van der Waals surface area contributed by atoms with Crippen LogP contribution >= 0.6 is 0 Å². The van der Waals surface area contributed by atoms with Crippen LogP contribution in [0.25, 0.3) is 0 Å². The molecule has 0 fully saturated rings. The molecule has 0 atom stereocenters. The Morgan fingerprint density at radius 2 is 1.86 bits per heavy atom. The maximum absolute atomic E-state index is 12.1. The van der Waals surface area contributed by atoms with Gasteiger partial charge in [0.1, 0.15) is 4.90 Å². The van der Waals surface area contributed by atoms with Gasteiger partial charge in [0.05, 0.1) is 0 Å². The summed E-state index contributed by atoms with van der Waals surface area (Å²) in [7, 11) is -4.66. The topological polar surface area (TPSA) is 69.4 Å². The summed E-state index contributed by atoms with van der Waals surface area (Å²) in [6.07, 6.45) is 0. The van der Waals surface area contributed by atoms with Gasteiger partial charge in [0.2, 0.25) is 9.84 Å². The van der Waals surface area contributed by atoms with E-state index in [0.717, 1.165) is 6.07 Å². The fraction of sp³-hybridized carbons (Fsp3) is 0.143. The molecule has 78 valence electrons. The average molecular weight is 223 g/mol. The van der Waals surface area contributed by atoms with Crippen LogP contribution in [0.3, 0.4) is 0 Å². The molecule has 0 saturated carbocycles. The van der Waals surface area contributed by atoms with Crippen LogP contribution < -0.4 is 10.7 Å². The molecule has 4 nitrogen and oxygen atoms in total. The predicted octanol–water partition coefficient (Wildman–Crippen LogP) is 0.935. The van der Waals surface area contributed by atoms with Crippen molar-refractivity contribution in [2.75, 3.05) is 0 Å². The molecule has 0 aliphatic rings.